The molecule has 0 saturated carbocycles. The summed E-state index contributed by atoms with van der Waals surface area (Å²) in [6, 6.07) is 0. The Bertz CT molecular complexity index is 551. The minimum absolute atomic E-state index is 0.139. The molecule has 1 aromatic rings. The fourth-order valence-electron chi connectivity index (χ4n) is 2.72. The van der Waals surface area contributed by atoms with Gasteiger partial charge in [-0.25, -0.2) is 13.1 Å². The van der Waals surface area contributed by atoms with Gasteiger partial charge in [0.05, 0.1) is 0 Å². The molecule has 2 rings (SSSR count). The largest absolute Gasteiger partial charge is 0.263 e. The van der Waals surface area contributed by atoms with Crippen LogP contribution in [0.2, 0.25) is 0 Å². The predicted octanol–water partition coefficient (Wildman–Crippen LogP) is 2.02. The van der Waals surface area contributed by atoms with Crippen molar-refractivity contribution in [2.24, 2.45) is 18.9 Å². The summed E-state index contributed by atoms with van der Waals surface area (Å²) >= 11 is 3.17. The lowest BCUT2D eigenvalue weighted by atomic mass is 9.89. The van der Waals surface area contributed by atoms with Crippen LogP contribution < -0.4 is 0 Å². The quantitative estimate of drug-likeness (QED) is 0.822. The molecule has 0 radical (unpaired) electrons. The molecule has 1 aliphatic rings. The van der Waals surface area contributed by atoms with Gasteiger partial charge >= 0.3 is 0 Å². The third-order valence-electron chi connectivity index (χ3n) is 4.00. The molecule has 0 amide bonds. The van der Waals surface area contributed by atoms with Gasteiger partial charge in [0.1, 0.15) is 0 Å². The molecular weight excluding hydrogens is 344 g/mol. The highest BCUT2D eigenvalue weighted by Gasteiger charge is 2.32. The van der Waals surface area contributed by atoms with Crippen LogP contribution >= 0.6 is 15.9 Å². The normalized spacial score (nSPS) is 22.1. The molecule has 0 aromatic carbocycles. The van der Waals surface area contributed by atoms with E-state index in [4.69, 9.17) is 0 Å². The topological polar surface area (TPSA) is 68.1 Å². The smallest absolute Gasteiger partial charge is 0.235 e. The first-order valence-electron chi connectivity index (χ1n) is 6.89. The standard InChI is InChI=1S/C12H21BrN4O2S/c1-9(2)10-5-4-7-17(8-6-10)20(18,19)12-11(13)14-15-16(12)3/h9-10H,4-8H2,1-3H3. The highest BCUT2D eigenvalue weighted by atomic mass is 79.9. The van der Waals surface area contributed by atoms with Crippen LogP contribution in [0, 0.1) is 11.8 Å². The maximum atomic E-state index is 12.7. The first-order valence-corrected chi connectivity index (χ1v) is 9.12. The van der Waals surface area contributed by atoms with E-state index in [1.807, 2.05) is 0 Å². The molecular formula is C12H21BrN4O2S. The maximum Gasteiger partial charge on any atom is 0.263 e. The van der Waals surface area contributed by atoms with Crippen LogP contribution in [0.5, 0.6) is 0 Å². The van der Waals surface area contributed by atoms with Crippen LogP contribution in [-0.4, -0.2) is 40.8 Å². The Labute approximate surface area is 128 Å². The summed E-state index contributed by atoms with van der Waals surface area (Å²) in [5.74, 6) is 1.20. The fourth-order valence-corrected chi connectivity index (χ4v) is 5.25. The lowest BCUT2D eigenvalue weighted by Crippen LogP contribution is -2.33. The van der Waals surface area contributed by atoms with Gasteiger partial charge in [0.25, 0.3) is 10.0 Å². The Morgan fingerprint density at radius 3 is 2.55 bits per heavy atom. The number of aryl methyl sites for hydroxylation is 1. The monoisotopic (exact) mass is 364 g/mol. The van der Waals surface area contributed by atoms with E-state index in [0.717, 1.165) is 19.3 Å². The van der Waals surface area contributed by atoms with E-state index >= 15 is 0 Å². The minimum atomic E-state index is -3.53. The van der Waals surface area contributed by atoms with Gasteiger partial charge in [-0.3, -0.25) is 0 Å². The average molecular weight is 365 g/mol. The van der Waals surface area contributed by atoms with E-state index in [2.05, 4.69) is 40.1 Å². The Morgan fingerprint density at radius 2 is 2.00 bits per heavy atom. The fraction of sp³-hybridized carbons (Fsp3) is 0.833. The van der Waals surface area contributed by atoms with Gasteiger partial charge in [0, 0.05) is 20.1 Å². The van der Waals surface area contributed by atoms with Crippen LogP contribution in [0.25, 0.3) is 0 Å². The zero-order valence-corrected chi connectivity index (χ0v) is 14.5. The molecule has 8 heteroatoms. The van der Waals surface area contributed by atoms with E-state index in [9.17, 15) is 8.42 Å². The molecule has 1 fully saturated rings. The van der Waals surface area contributed by atoms with Gasteiger partial charge in [-0.2, -0.15) is 4.31 Å². The number of nitrogens with zero attached hydrogens (tertiary/aromatic N) is 4. The first kappa shape index (κ1) is 15.9. The van der Waals surface area contributed by atoms with Crippen LogP contribution in [0.1, 0.15) is 33.1 Å². The van der Waals surface area contributed by atoms with Gasteiger partial charge in [-0.15, -0.1) is 5.10 Å². The highest BCUT2D eigenvalue weighted by Crippen LogP contribution is 2.29. The summed E-state index contributed by atoms with van der Waals surface area (Å²) < 4.78 is 28.6. The van der Waals surface area contributed by atoms with Crippen molar-refractivity contribution in [3.63, 3.8) is 0 Å². The summed E-state index contributed by atoms with van der Waals surface area (Å²) in [4.78, 5) is 0. The van der Waals surface area contributed by atoms with E-state index < -0.39 is 10.0 Å². The van der Waals surface area contributed by atoms with Crippen LogP contribution in [0.3, 0.4) is 0 Å². The van der Waals surface area contributed by atoms with Crippen molar-refractivity contribution in [2.75, 3.05) is 13.1 Å². The summed E-state index contributed by atoms with van der Waals surface area (Å²) in [5.41, 5.74) is 0. The van der Waals surface area contributed by atoms with Crippen molar-refractivity contribution in [1.29, 1.82) is 0 Å². The van der Waals surface area contributed by atoms with Gasteiger partial charge < -0.3 is 0 Å². The summed E-state index contributed by atoms with van der Waals surface area (Å²) in [7, 11) is -1.93. The summed E-state index contributed by atoms with van der Waals surface area (Å²) in [6.45, 7) is 5.55. The number of aromatic nitrogens is 3. The second-order valence-corrected chi connectivity index (χ2v) is 8.25. The SMILES string of the molecule is CC(C)C1CCCN(S(=O)(=O)c2c(Br)nnn2C)CC1. The lowest BCUT2D eigenvalue weighted by Gasteiger charge is -2.21. The number of hydrogen-bond donors (Lipinski definition) is 0. The highest BCUT2D eigenvalue weighted by molar-refractivity contribution is 9.10. The van der Waals surface area contributed by atoms with Gasteiger partial charge in [-0.05, 0) is 47.0 Å². The molecule has 114 valence electrons. The predicted molar refractivity (Wildman–Crippen MR) is 79.6 cm³/mol. The summed E-state index contributed by atoms with van der Waals surface area (Å²) in [5, 5.41) is 7.66. The molecule has 1 aromatic heterocycles. The van der Waals surface area contributed by atoms with Crippen molar-refractivity contribution in [1.82, 2.24) is 19.3 Å². The lowest BCUT2D eigenvalue weighted by molar-refractivity contribution is 0.340. The van der Waals surface area contributed by atoms with Crippen molar-refractivity contribution in [3.05, 3.63) is 4.60 Å². The zero-order valence-electron chi connectivity index (χ0n) is 12.1. The Hall–Kier alpha value is -0.470. The molecule has 20 heavy (non-hydrogen) atoms. The molecule has 1 saturated heterocycles. The second kappa shape index (κ2) is 6.11. The molecule has 2 heterocycles. The van der Waals surface area contributed by atoms with Crippen molar-refractivity contribution >= 4 is 26.0 Å². The van der Waals surface area contributed by atoms with Crippen LogP contribution in [-0.2, 0) is 17.1 Å². The van der Waals surface area contributed by atoms with Crippen molar-refractivity contribution in [3.8, 4) is 0 Å². The van der Waals surface area contributed by atoms with Gasteiger partial charge in [0.15, 0.2) is 4.60 Å². The molecule has 0 N–H and O–H groups in total. The number of rotatable bonds is 3. The summed E-state index contributed by atoms with van der Waals surface area (Å²) in [6.07, 6.45) is 2.92. The van der Waals surface area contributed by atoms with Crippen molar-refractivity contribution < 1.29 is 8.42 Å². The molecule has 6 nitrogen and oxygen atoms in total. The van der Waals surface area contributed by atoms with E-state index in [1.165, 1.54) is 4.68 Å². The van der Waals surface area contributed by atoms with Crippen LogP contribution in [0.4, 0.5) is 0 Å². The van der Waals surface area contributed by atoms with E-state index in [0.29, 0.717) is 24.9 Å². The van der Waals surface area contributed by atoms with E-state index in [-0.39, 0.29) is 9.63 Å². The molecule has 0 aliphatic carbocycles. The van der Waals surface area contributed by atoms with Crippen molar-refractivity contribution in [2.45, 2.75) is 38.1 Å². The van der Waals surface area contributed by atoms with Crippen LogP contribution in [0.15, 0.2) is 9.63 Å². The molecule has 0 spiro atoms. The number of hydrogen-bond acceptors (Lipinski definition) is 4. The molecule has 1 aliphatic heterocycles. The Balaban J connectivity index is 2.23. The van der Waals surface area contributed by atoms with Gasteiger partial charge in [0.2, 0.25) is 5.03 Å². The maximum absolute atomic E-state index is 12.7. The zero-order chi connectivity index (χ0) is 14.9. The molecule has 1 atom stereocenters. The Morgan fingerprint density at radius 1 is 1.30 bits per heavy atom. The number of sulfonamides is 1. The third kappa shape index (κ3) is 3.07. The first-order chi connectivity index (χ1) is 9.34. The van der Waals surface area contributed by atoms with Gasteiger partial charge in [-0.1, -0.05) is 19.1 Å². The third-order valence-corrected chi connectivity index (χ3v) is 6.78. The molecule has 1 unspecified atom stereocenters. The minimum Gasteiger partial charge on any atom is -0.235 e. The van der Waals surface area contributed by atoms with E-state index in [1.54, 1.807) is 11.4 Å². The average Bonchev–Trinajstić information content (AvgIpc) is 2.60. The Kier molecular flexibility index (Phi) is 4.86. The second-order valence-electron chi connectivity index (χ2n) is 5.65. The number of halogens is 1. The molecule has 0 bridgehead atoms.